The van der Waals surface area contributed by atoms with E-state index >= 15 is 0 Å². The van der Waals surface area contributed by atoms with Crippen LogP contribution in [0.25, 0.3) is 11.4 Å². The molecule has 4 heterocycles. The van der Waals surface area contributed by atoms with E-state index in [1.54, 1.807) is 24.8 Å². The van der Waals surface area contributed by atoms with Crippen LogP contribution in [0.3, 0.4) is 0 Å². The van der Waals surface area contributed by atoms with E-state index in [0.29, 0.717) is 41.6 Å². The number of nitrogens with one attached hydrogen (secondary N) is 2. The molecule has 0 spiro atoms. The van der Waals surface area contributed by atoms with Gasteiger partial charge >= 0.3 is 0 Å². The molecule has 2 saturated carbocycles. The summed E-state index contributed by atoms with van der Waals surface area (Å²) >= 11 is 0. The molecule has 0 bridgehead atoms. The monoisotopic (exact) mass is 559 g/mol. The Bertz CT molecular complexity index is 1690. The average molecular weight is 560 g/mol. The SMILES string of the molecule is Cn1cnc(C#Cc2cnc(Nc3ccnc(-c4cnn(S(=O)(=O)C5CC5)c4)n3)cc2N[C@H]2CC[C@@H](O)CC2)c1. The summed E-state index contributed by atoms with van der Waals surface area (Å²) < 4.78 is 27.9. The summed E-state index contributed by atoms with van der Waals surface area (Å²) in [5.74, 6) is 7.66. The molecule has 0 unspecified atom stereocenters. The van der Waals surface area contributed by atoms with E-state index in [1.165, 1.54) is 12.4 Å². The number of hydrogen-bond donors (Lipinski definition) is 3. The van der Waals surface area contributed by atoms with Gasteiger partial charge in [0.25, 0.3) is 10.0 Å². The first-order valence-corrected chi connectivity index (χ1v) is 14.7. The van der Waals surface area contributed by atoms with Crippen molar-refractivity contribution in [3.05, 3.63) is 60.7 Å². The second-order valence-electron chi connectivity index (χ2n) is 10.2. The highest BCUT2D eigenvalue weighted by molar-refractivity contribution is 7.90. The van der Waals surface area contributed by atoms with Crippen LogP contribution in [0.15, 0.2) is 49.4 Å². The number of nitrogens with zero attached hydrogens (tertiary/aromatic N) is 7. The summed E-state index contributed by atoms with van der Waals surface area (Å²) in [6.45, 7) is 0. The predicted octanol–water partition coefficient (Wildman–Crippen LogP) is 2.67. The molecule has 4 aromatic heterocycles. The number of imidazole rings is 1. The number of pyridine rings is 1. The lowest BCUT2D eigenvalue weighted by atomic mass is 9.93. The zero-order chi connectivity index (χ0) is 27.7. The van der Waals surface area contributed by atoms with Crippen molar-refractivity contribution in [2.24, 2.45) is 7.05 Å². The zero-order valence-corrected chi connectivity index (χ0v) is 22.7. The molecule has 3 N–H and O–H groups in total. The molecule has 40 heavy (non-hydrogen) atoms. The van der Waals surface area contributed by atoms with Crippen molar-refractivity contribution >= 4 is 27.3 Å². The average Bonchev–Trinajstić information content (AvgIpc) is 3.55. The molecule has 2 fully saturated rings. The summed E-state index contributed by atoms with van der Waals surface area (Å²) in [4.78, 5) is 17.7. The fraction of sp³-hybridized carbons (Fsp3) is 0.370. The minimum atomic E-state index is -3.47. The highest BCUT2D eigenvalue weighted by atomic mass is 32.2. The molecule has 0 saturated heterocycles. The molecule has 2 aliphatic carbocycles. The Hall–Kier alpha value is -4.28. The van der Waals surface area contributed by atoms with Gasteiger partial charge in [-0.15, -0.1) is 0 Å². The first-order chi connectivity index (χ1) is 19.3. The van der Waals surface area contributed by atoms with Crippen LogP contribution in [0, 0.1) is 11.8 Å². The van der Waals surface area contributed by atoms with Gasteiger partial charge in [-0.1, -0.05) is 5.92 Å². The van der Waals surface area contributed by atoms with Crippen molar-refractivity contribution in [2.75, 3.05) is 10.6 Å². The Morgan fingerprint density at radius 1 is 1.00 bits per heavy atom. The third kappa shape index (κ3) is 5.83. The van der Waals surface area contributed by atoms with Gasteiger partial charge in [-0.3, -0.25) is 0 Å². The molecule has 12 nitrogen and oxygen atoms in total. The van der Waals surface area contributed by atoms with Crippen LogP contribution in [0.2, 0.25) is 0 Å². The number of aliphatic hydroxyl groups is 1. The summed E-state index contributed by atoms with van der Waals surface area (Å²) in [6, 6.07) is 3.80. The Kier molecular flexibility index (Phi) is 6.95. The van der Waals surface area contributed by atoms with Gasteiger partial charge in [0.15, 0.2) is 5.82 Å². The van der Waals surface area contributed by atoms with Crippen molar-refractivity contribution in [2.45, 2.75) is 55.9 Å². The van der Waals surface area contributed by atoms with Crippen LogP contribution >= 0.6 is 0 Å². The number of rotatable bonds is 7. The van der Waals surface area contributed by atoms with Crippen molar-refractivity contribution in [1.29, 1.82) is 0 Å². The van der Waals surface area contributed by atoms with E-state index in [1.807, 2.05) is 23.9 Å². The fourth-order valence-electron chi connectivity index (χ4n) is 4.57. The van der Waals surface area contributed by atoms with Gasteiger partial charge in [0, 0.05) is 37.7 Å². The standard InChI is InChI=1S/C27H29N9O3S/c1-35-16-21(30-17-35)3-2-18-13-29-26(12-24(18)32-20-4-6-22(37)7-5-20)33-25-10-11-28-27(34-25)19-14-31-36(15-19)40(38,39)23-8-9-23/h10-17,20,22-23,37H,4-9H2,1H3,(H2,28,29,32,33,34)/t20-,22+. The Morgan fingerprint density at radius 3 is 2.58 bits per heavy atom. The number of aryl methyl sites for hydroxylation is 1. The second kappa shape index (κ2) is 10.7. The van der Waals surface area contributed by atoms with Crippen LogP contribution in [-0.4, -0.2) is 64.6 Å². The molecule has 0 radical (unpaired) electrons. The lowest BCUT2D eigenvalue weighted by Crippen LogP contribution is -2.28. The van der Waals surface area contributed by atoms with E-state index in [2.05, 4.69) is 47.5 Å². The third-order valence-electron chi connectivity index (χ3n) is 6.93. The maximum Gasteiger partial charge on any atom is 0.256 e. The lowest BCUT2D eigenvalue weighted by molar-refractivity contribution is 0.126. The van der Waals surface area contributed by atoms with Gasteiger partial charge in [-0.05, 0) is 50.5 Å². The molecule has 0 aliphatic heterocycles. The molecule has 4 aromatic rings. The maximum absolute atomic E-state index is 12.5. The molecule has 0 atom stereocenters. The van der Waals surface area contributed by atoms with E-state index < -0.39 is 10.0 Å². The molecule has 2 aliphatic rings. The van der Waals surface area contributed by atoms with Gasteiger partial charge < -0.3 is 20.3 Å². The maximum atomic E-state index is 12.5. The molecular formula is C27H29N9O3S. The minimum Gasteiger partial charge on any atom is -0.393 e. The second-order valence-corrected chi connectivity index (χ2v) is 12.2. The third-order valence-corrected chi connectivity index (χ3v) is 8.96. The van der Waals surface area contributed by atoms with Crippen molar-refractivity contribution < 1.29 is 13.5 Å². The smallest absolute Gasteiger partial charge is 0.256 e. The van der Waals surface area contributed by atoms with Gasteiger partial charge in [0.2, 0.25) is 0 Å². The van der Waals surface area contributed by atoms with E-state index in [-0.39, 0.29) is 17.4 Å². The first kappa shape index (κ1) is 26.0. The minimum absolute atomic E-state index is 0.211. The molecule has 0 amide bonds. The van der Waals surface area contributed by atoms with Crippen molar-refractivity contribution in [1.82, 2.24) is 33.7 Å². The molecule has 206 valence electrons. The topological polar surface area (TPSA) is 153 Å². The van der Waals surface area contributed by atoms with Gasteiger partial charge in [-0.25, -0.2) is 28.4 Å². The summed E-state index contributed by atoms with van der Waals surface area (Å²) in [5.41, 5.74) is 2.72. The zero-order valence-electron chi connectivity index (χ0n) is 21.9. The largest absolute Gasteiger partial charge is 0.393 e. The van der Waals surface area contributed by atoms with E-state index in [9.17, 15) is 13.5 Å². The van der Waals surface area contributed by atoms with Crippen LogP contribution in [0.1, 0.15) is 49.8 Å². The number of anilines is 3. The molecule has 6 rings (SSSR count). The van der Waals surface area contributed by atoms with Crippen molar-refractivity contribution in [3.63, 3.8) is 0 Å². The van der Waals surface area contributed by atoms with Crippen molar-refractivity contribution in [3.8, 4) is 23.2 Å². The van der Waals surface area contributed by atoms with E-state index in [0.717, 1.165) is 41.0 Å². The quantitative estimate of drug-likeness (QED) is 0.288. The summed E-state index contributed by atoms with van der Waals surface area (Å²) in [7, 11) is -1.58. The normalized spacial score (nSPS) is 19.1. The van der Waals surface area contributed by atoms with Gasteiger partial charge in [-0.2, -0.15) is 9.19 Å². The fourth-order valence-corrected chi connectivity index (χ4v) is 6.04. The number of hydrogen-bond acceptors (Lipinski definition) is 10. The molecule has 0 aromatic carbocycles. The van der Waals surface area contributed by atoms with Gasteiger partial charge in [0.05, 0.1) is 46.9 Å². The highest BCUT2D eigenvalue weighted by Crippen LogP contribution is 2.30. The van der Waals surface area contributed by atoms with Crippen LogP contribution in [0.5, 0.6) is 0 Å². The predicted molar refractivity (Wildman–Crippen MR) is 149 cm³/mol. The Balaban J connectivity index is 1.24. The molecule has 13 heteroatoms. The Labute approximate surface area is 232 Å². The highest BCUT2D eigenvalue weighted by Gasteiger charge is 2.37. The number of aliphatic hydroxyl groups excluding tert-OH is 1. The van der Waals surface area contributed by atoms with Crippen LogP contribution in [0.4, 0.5) is 17.3 Å². The summed E-state index contributed by atoms with van der Waals surface area (Å²) in [6.07, 6.45) is 14.1. The Morgan fingerprint density at radius 2 is 1.82 bits per heavy atom. The lowest BCUT2D eigenvalue weighted by Gasteiger charge is -2.27. The summed E-state index contributed by atoms with van der Waals surface area (Å²) in [5, 5.41) is 20.4. The van der Waals surface area contributed by atoms with Crippen LogP contribution in [-0.2, 0) is 17.1 Å². The first-order valence-electron chi connectivity index (χ1n) is 13.2. The molecular weight excluding hydrogens is 530 g/mol. The van der Waals surface area contributed by atoms with Gasteiger partial charge in [0.1, 0.15) is 17.3 Å². The van der Waals surface area contributed by atoms with E-state index in [4.69, 9.17) is 0 Å². The number of aromatic nitrogens is 7. The van der Waals surface area contributed by atoms with Crippen LogP contribution < -0.4 is 10.6 Å².